The molecule has 0 aliphatic heterocycles. The van der Waals surface area contributed by atoms with Gasteiger partial charge in [-0.05, 0) is 23.1 Å². The van der Waals surface area contributed by atoms with Crippen LogP contribution < -0.4 is 10.2 Å². The molecule has 2 N–H and O–H groups in total. The fraction of sp³-hybridized carbons (Fsp3) is 0.588. The van der Waals surface area contributed by atoms with Crippen LogP contribution in [0, 0.1) is 5.92 Å². The predicted molar refractivity (Wildman–Crippen MR) is 84.3 cm³/mol. The molecule has 20 heavy (non-hydrogen) atoms. The van der Waals surface area contributed by atoms with E-state index in [-0.39, 0.29) is 11.3 Å². The van der Waals surface area contributed by atoms with Crippen LogP contribution in [-0.2, 0) is 5.41 Å². The number of amides is 1. The molecule has 0 bridgehead atoms. The van der Waals surface area contributed by atoms with E-state index in [0.717, 1.165) is 18.7 Å². The van der Waals surface area contributed by atoms with Gasteiger partial charge in [-0.15, -0.1) is 0 Å². The second kappa shape index (κ2) is 6.89. The van der Waals surface area contributed by atoms with Crippen molar-refractivity contribution in [3.05, 3.63) is 35.4 Å². The molecule has 1 atom stereocenters. The van der Waals surface area contributed by atoms with E-state index >= 15 is 0 Å². The van der Waals surface area contributed by atoms with E-state index in [1.807, 2.05) is 24.3 Å². The predicted octanol–water partition coefficient (Wildman–Crippen LogP) is 1.49. The van der Waals surface area contributed by atoms with Crippen LogP contribution in [0.15, 0.2) is 24.3 Å². The molecule has 0 aromatic heterocycles. The normalized spacial score (nSPS) is 13.3. The smallest absolute Gasteiger partial charge is 0.251 e. The Kier molecular flexibility index (Phi) is 5.75. The molecule has 1 aromatic rings. The van der Waals surface area contributed by atoms with Crippen molar-refractivity contribution < 1.29 is 9.69 Å². The number of nitrogens with one attached hydrogen (secondary N) is 2. The Morgan fingerprint density at radius 1 is 1.20 bits per heavy atom. The van der Waals surface area contributed by atoms with E-state index < -0.39 is 0 Å². The van der Waals surface area contributed by atoms with Gasteiger partial charge in [-0.2, -0.15) is 0 Å². The summed E-state index contributed by atoms with van der Waals surface area (Å²) in [7, 11) is 4.26. The Morgan fingerprint density at radius 2 is 1.75 bits per heavy atom. The van der Waals surface area contributed by atoms with E-state index in [2.05, 4.69) is 47.1 Å². The fourth-order valence-electron chi connectivity index (χ4n) is 2.26. The van der Waals surface area contributed by atoms with E-state index in [4.69, 9.17) is 0 Å². The minimum Gasteiger partial charge on any atom is -0.352 e. The van der Waals surface area contributed by atoms with Gasteiger partial charge >= 0.3 is 0 Å². The number of carbonyl (C=O) groups is 1. The van der Waals surface area contributed by atoms with Crippen LogP contribution in [0.2, 0.25) is 0 Å². The Morgan fingerprint density at radius 3 is 2.20 bits per heavy atom. The van der Waals surface area contributed by atoms with E-state index in [9.17, 15) is 4.79 Å². The zero-order valence-electron chi connectivity index (χ0n) is 13.7. The maximum Gasteiger partial charge on any atom is 0.251 e. The summed E-state index contributed by atoms with van der Waals surface area (Å²) in [6, 6.07) is 7.92. The Bertz CT molecular complexity index is 429. The molecular weight excluding hydrogens is 248 g/mol. The van der Waals surface area contributed by atoms with Crippen LogP contribution in [0.3, 0.4) is 0 Å². The second-order valence-corrected chi connectivity index (χ2v) is 7.05. The first-order valence-corrected chi connectivity index (χ1v) is 7.38. The molecule has 0 saturated heterocycles. The van der Waals surface area contributed by atoms with Crippen LogP contribution in [0.4, 0.5) is 0 Å². The topological polar surface area (TPSA) is 33.5 Å². The summed E-state index contributed by atoms with van der Waals surface area (Å²) in [6.07, 6.45) is 0. The lowest BCUT2D eigenvalue weighted by molar-refractivity contribution is -0.861. The molecule has 0 spiro atoms. The van der Waals surface area contributed by atoms with Crippen molar-refractivity contribution in [3.63, 3.8) is 0 Å². The average Bonchev–Trinajstić information content (AvgIpc) is 2.34. The van der Waals surface area contributed by atoms with Crippen LogP contribution in [-0.4, -0.2) is 33.1 Å². The van der Waals surface area contributed by atoms with Crippen LogP contribution in [0.1, 0.15) is 43.6 Å². The van der Waals surface area contributed by atoms with Gasteiger partial charge in [0.1, 0.15) is 0 Å². The molecule has 0 aliphatic carbocycles. The summed E-state index contributed by atoms with van der Waals surface area (Å²) in [6.45, 7) is 10.5. The first kappa shape index (κ1) is 16.7. The Labute approximate surface area is 123 Å². The van der Waals surface area contributed by atoms with Crippen molar-refractivity contribution in [1.29, 1.82) is 0 Å². The van der Waals surface area contributed by atoms with E-state index in [1.165, 1.54) is 10.5 Å². The first-order chi connectivity index (χ1) is 9.20. The number of rotatable bonds is 5. The third-order valence-electron chi connectivity index (χ3n) is 3.38. The van der Waals surface area contributed by atoms with Gasteiger partial charge in [0.2, 0.25) is 0 Å². The van der Waals surface area contributed by atoms with E-state index in [0.29, 0.717) is 5.92 Å². The maximum absolute atomic E-state index is 12.1. The summed E-state index contributed by atoms with van der Waals surface area (Å²) in [5.74, 6) is 0.504. The molecular formula is C17H29N2O+. The summed E-state index contributed by atoms with van der Waals surface area (Å²) in [5.41, 5.74) is 2.11. The lowest BCUT2D eigenvalue weighted by Crippen LogP contribution is -3.06. The van der Waals surface area contributed by atoms with Gasteiger partial charge in [-0.1, -0.05) is 39.8 Å². The van der Waals surface area contributed by atoms with Crippen molar-refractivity contribution in [2.45, 2.75) is 33.1 Å². The largest absolute Gasteiger partial charge is 0.352 e. The SMILES string of the molecule is C[C@@H](CNC(=O)c1ccc(C(C)(C)C)cc1)C[NH+](C)C. The fourth-order valence-corrected chi connectivity index (χ4v) is 2.26. The highest BCUT2D eigenvalue weighted by Crippen LogP contribution is 2.22. The van der Waals surface area contributed by atoms with Crippen molar-refractivity contribution in [1.82, 2.24) is 5.32 Å². The maximum atomic E-state index is 12.1. The lowest BCUT2D eigenvalue weighted by Gasteiger charge is -2.19. The molecule has 1 amide bonds. The van der Waals surface area contributed by atoms with Gasteiger partial charge < -0.3 is 10.2 Å². The Hall–Kier alpha value is -1.35. The van der Waals surface area contributed by atoms with Crippen molar-refractivity contribution >= 4 is 5.91 Å². The third-order valence-corrected chi connectivity index (χ3v) is 3.38. The molecule has 0 fully saturated rings. The van der Waals surface area contributed by atoms with Crippen LogP contribution in [0.5, 0.6) is 0 Å². The highest BCUT2D eigenvalue weighted by Gasteiger charge is 2.14. The van der Waals surface area contributed by atoms with Gasteiger partial charge in [0.05, 0.1) is 20.6 Å². The quantitative estimate of drug-likeness (QED) is 0.840. The molecule has 3 nitrogen and oxygen atoms in total. The molecule has 0 radical (unpaired) electrons. The van der Waals surface area contributed by atoms with Gasteiger partial charge in [-0.3, -0.25) is 4.79 Å². The van der Waals surface area contributed by atoms with Crippen LogP contribution >= 0.6 is 0 Å². The van der Waals surface area contributed by atoms with Crippen molar-refractivity contribution in [2.75, 3.05) is 27.2 Å². The number of benzene rings is 1. The number of hydrogen-bond donors (Lipinski definition) is 2. The van der Waals surface area contributed by atoms with Crippen molar-refractivity contribution in [2.24, 2.45) is 5.92 Å². The minimum absolute atomic E-state index is 0.0195. The van der Waals surface area contributed by atoms with Gasteiger partial charge in [0.15, 0.2) is 0 Å². The summed E-state index contributed by atoms with van der Waals surface area (Å²) >= 11 is 0. The highest BCUT2D eigenvalue weighted by atomic mass is 16.1. The summed E-state index contributed by atoms with van der Waals surface area (Å²) in [4.78, 5) is 13.5. The van der Waals surface area contributed by atoms with Gasteiger partial charge in [0, 0.05) is 18.0 Å². The molecule has 0 heterocycles. The first-order valence-electron chi connectivity index (χ1n) is 7.38. The highest BCUT2D eigenvalue weighted by molar-refractivity contribution is 5.94. The summed E-state index contributed by atoms with van der Waals surface area (Å²) in [5, 5.41) is 3.01. The van der Waals surface area contributed by atoms with Crippen molar-refractivity contribution in [3.8, 4) is 0 Å². The van der Waals surface area contributed by atoms with Gasteiger partial charge in [-0.25, -0.2) is 0 Å². The monoisotopic (exact) mass is 277 g/mol. The molecule has 1 aromatic carbocycles. The molecule has 1 rings (SSSR count). The molecule has 3 heteroatoms. The summed E-state index contributed by atoms with van der Waals surface area (Å²) < 4.78 is 0. The lowest BCUT2D eigenvalue weighted by atomic mass is 9.87. The zero-order chi connectivity index (χ0) is 15.3. The third kappa shape index (κ3) is 5.33. The van der Waals surface area contributed by atoms with Gasteiger partial charge in [0.25, 0.3) is 5.91 Å². The number of hydrogen-bond acceptors (Lipinski definition) is 1. The van der Waals surface area contributed by atoms with Crippen LogP contribution in [0.25, 0.3) is 0 Å². The average molecular weight is 277 g/mol. The minimum atomic E-state index is 0.0195. The van der Waals surface area contributed by atoms with E-state index in [1.54, 1.807) is 0 Å². The number of quaternary nitrogens is 1. The Balaban J connectivity index is 2.56. The zero-order valence-corrected chi connectivity index (χ0v) is 13.7. The second-order valence-electron chi connectivity index (χ2n) is 7.05. The molecule has 0 aliphatic rings. The molecule has 112 valence electrons. The standard InChI is InChI=1S/C17H28N2O/c1-13(12-19(5)6)11-18-16(20)14-7-9-15(10-8-14)17(2,3)4/h7-10,13H,11-12H2,1-6H3,(H,18,20)/p+1/t13-/m0/s1. The number of carbonyl (C=O) groups excluding carboxylic acids is 1. The molecule has 0 saturated carbocycles. The molecule has 0 unspecified atom stereocenters.